The minimum atomic E-state index is -0.454. The van der Waals surface area contributed by atoms with Gasteiger partial charge in [0.05, 0.1) is 22.4 Å². The Morgan fingerprint density at radius 3 is 2.16 bits per heavy atom. The molecule has 0 saturated carbocycles. The summed E-state index contributed by atoms with van der Waals surface area (Å²) in [6, 6.07) is 20.6. The lowest BCUT2D eigenvalue weighted by atomic mass is 9.80. The van der Waals surface area contributed by atoms with Gasteiger partial charge in [0, 0.05) is 17.0 Å². The van der Waals surface area contributed by atoms with Gasteiger partial charge in [-0.3, -0.25) is 0 Å². The molecule has 0 amide bonds. The molecular weight excluding hydrogens is 524 g/mol. The summed E-state index contributed by atoms with van der Waals surface area (Å²) in [5, 5.41) is 17.2. The van der Waals surface area contributed by atoms with Crippen LogP contribution >= 0.6 is 0 Å². The second kappa shape index (κ2) is 9.81. The van der Waals surface area contributed by atoms with Gasteiger partial charge in [0.15, 0.2) is 6.20 Å². The minimum absolute atomic E-state index is 0.0807. The third kappa shape index (κ3) is 5.16. The molecule has 0 saturated heterocycles. The van der Waals surface area contributed by atoms with Gasteiger partial charge in [-0.05, 0) is 95.2 Å². The first-order valence-electron chi connectivity index (χ1n) is 15.6. The van der Waals surface area contributed by atoms with Crippen LogP contribution in [0.2, 0.25) is 0 Å². The van der Waals surface area contributed by atoms with Gasteiger partial charge < -0.3 is 4.74 Å². The zero-order valence-electron chi connectivity index (χ0n) is 27.6. The fourth-order valence-corrected chi connectivity index (χ4v) is 7.07. The number of nitrogens with zero attached hydrogens (tertiary/aromatic N) is 2. The number of ether oxygens (including phenoxy) is 1. The Labute approximate surface area is 257 Å². The van der Waals surface area contributed by atoms with E-state index in [4.69, 9.17) is 4.74 Å². The van der Waals surface area contributed by atoms with E-state index >= 15 is 0 Å². The van der Waals surface area contributed by atoms with Crippen LogP contribution in [0.5, 0.6) is 11.5 Å². The molecule has 2 heterocycles. The number of benzene rings is 4. The number of hydrogen-bond acceptors (Lipinski definition) is 2. The molecular formula is C40H45N2O+. The quantitative estimate of drug-likeness (QED) is 0.156. The number of nitriles is 1. The summed E-state index contributed by atoms with van der Waals surface area (Å²) in [4.78, 5) is 0. The van der Waals surface area contributed by atoms with Crippen molar-refractivity contribution < 1.29 is 9.30 Å². The highest BCUT2D eigenvalue weighted by atomic mass is 16.5. The van der Waals surface area contributed by atoms with Gasteiger partial charge in [0.2, 0.25) is 5.69 Å². The fourth-order valence-electron chi connectivity index (χ4n) is 7.07. The Bertz CT molecular complexity index is 1990. The van der Waals surface area contributed by atoms with Crippen LogP contribution in [-0.2, 0) is 26.3 Å². The van der Waals surface area contributed by atoms with Crippen LogP contribution in [0.15, 0.2) is 54.7 Å². The summed E-state index contributed by atoms with van der Waals surface area (Å²) in [7, 11) is 2.16. The molecule has 0 aliphatic carbocycles. The molecule has 1 aliphatic rings. The Kier molecular flexibility index (Phi) is 6.66. The Morgan fingerprint density at radius 1 is 0.767 bits per heavy atom. The Hall–Kier alpha value is -3.90. The van der Waals surface area contributed by atoms with Crippen molar-refractivity contribution in [3.8, 4) is 28.8 Å². The average Bonchev–Trinajstić information content (AvgIpc) is 2.91. The van der Waals surface area contributed by atoms with Crippen molar-refractivity contribution >= 4 is 32.3 Å². The molecule has 6 rings (SSSR count). The predicted molar refractivity (Wildman–Crippen MR) is 180 cm³/mol. The number of aryl methyl sites for hydroxylation is 2. The van der Waals surface area contributed by atoms with Crippen molar-refractivity contribution in [3.63, 3.8) is 0 Å². The summed E-state index contributed by atoms with van der Waals surface area (Å²) in [5.41, 5.74) is 7.39. The smallest absolute Gasteiger partial charge is 0.228 e. The molecule has 43 heavy (non-hydrogen) atoms. The van der Waals surface area contributed by atoms with E-state index in [1.165, 1.54) is 60.4 Å². The summed E-state index contributed by atoms with van der Waals surface area (Å²) in [6.07, 6.45) is 4.83. The molecule has 3 heteroatoms. The number of fused-ring (bicyclic) bond motifs is 5. The van der Waals surface area contributed by atoms with Crippen molar-refractivity contribution in [2.24, 2.45) is 23.3 Å². The number of aromatic nitrogens is 1. The third-order valence-corrected chi connectivity index (χ3v) is 8.85. The predicted octanol–water partition coefficient (Wildman–Crippen LogP) is 10.3. The van der Waals surface area contributed by atoms with Crippen LogP contribution in [0.1, 0.15) is 77.6 Å². The van der Waals surface area contributed by atoms with Gasteiger partial charge >= 0.3 is 0 Å². The van der Waals surface area contributed by atoms with E-state index < -0.39 is 5.41 Å². The Balaban J connectivity index is 1.71. The highest BCUT2D eigenvalue weighted by molar-refractivity contribution is 6.16. The van der Waals surface area contributed by atoms with E-state index in [-0.39, 0.29) is 10.8 Å². The molecule has 0 N–H and O–H groups in total. The molecule has 3 nitrogen and oxygen atoms in total. The first-order chi connectivity index (χ1) is 20.1. The van der Waals surface area contributed by atoms with E-state index in [0.717, 1.165) is 29.7 Å². The highest BCUT2D eigenvalue weighted by Crippen LogP contribution is 2.53. The van der Waals surface area contributed by atoms with Gasteiger partial charge in [-0.15, -0.1) is 0 Å². The van der Waals surface area contributed by atoms with Crippen molar-refractivity contribution in [2.45, 2.75) is 81.6 Å². The molecule has 4 aromatic carbocycles. The Morgan fingerprint density at radius 2 is 1.49 bits per heavy atom. The molecule has 0 unspecified atom stereocenters. The van der Waals surface area contributed by atoms with Crippen molar-refractivity contribution in [1.82, 2.24) is 0 Å². The maximum atomic E-state index is 9.82. The second-order valence-corrected chi connectivity index (χ2v) is 15.9. The molecule has 0 atom stereocenters. The molecule has 0 bridgehead atoms. The number of pyridine rings is 1. The zero-order chi connectivity index (χ0) is 31.1. The topological polar surface area (TPSA) is 36.9 Å². The molecule has 0 radical (unpaired) electrons. The van der Waals surface area contributed by atoms with Crippen LogP contribution in [0, 0.1) is 34.5 Å². The summed E-state index contributed by atoms with van der Waals surface area (Å²) >= 11 is 0. The van der Waals surface area contributed by atoms with Crippen LogP contribution in [-0.4, -0.2) is 0 Å². The van der Waals surface area contributed by atoms with E-state index in [2.05, 4.69) is 121 Å². The third-order valence-electron chi connectivity index (χ3n) is 8.85. The van der Waals surface area contributed by atoms with E-state index in [1.54, 1.807) is 0 Å². The molecule has 220 valence electrons. The minimum Gasteiger partial charge on any atom is -0.455 e. The van der Waals surface area contributed by atoms with Gasteiger partial charge in [-0.25, -0.2) is 4.57 Å². The summed E-state index contributed by atoms with van der Waals surface area (Å²) < 4.78 is 9.40. The molecule has 1 aromatic heterocycles. The molecule has 5 aromatic rings. The zero-order valence-corrected chi connectivity index (χ0v) is 27.6. The molecule has 1 aliphatic heterocycles. The maximum Gasteiger partial charge on any atom is 0.228 e. The summed E-state index contributed by atoms with van der Waals surface area (Å²) in [5.74, 6) is 1.90. The maximum absolute atomic E-state index is 9.82. The van der Waals surface area contributed by atoms with Gasteiger partial charge in [-0.1, -0.05) is 77.9 Å². The van der Waals surface area contributed by atoms with Crippen LogP contribution in [0.25, 0.3) is 43.6 Å². The fraction of sp³-hybridized carbons (Fsp3) is 0.400. The largest absolute Gasteiger partial charge is 0.455 e. The van der Waals surface area contributed by atoms with E-state index in [9.17, 15) is 5.26 Å². The van der Waals surface area contributed by atoms with Crippen molar-refractivity contribution in [2.75, 3.05) is 0 Å². The standard InChI is InChI=1S/C40H45N2O/c1-24-30-18-25(20-38(2,3)4)14-15-28(30)32(22-39(5,6)7)37-34(24)36-35-29(16-17-42(36)10)27-13-11-12-26(21-40(8,9)23-41)31(27)19-33(35)43-37/h11-19H,20-22H2,1-10H3/q+1. The first kappa shape index (κ1) is 29.2. The van der Waals surface area contributed by atoms with Gasteiger partial charge in [0.1, 0.15) is 18.5 Å². The van der Waals surface area contributed by atoms with E-state index in [0.29, 0.717) is 6.42 Å². The lowest BCUT2D eigenvalue weighted by Gasteiger charge is -2.29. The molecule has 0 spiro atoms. The lowest BCUT2D eigenvalue weighted by Crippen LogP contribution is -2.32. The van der Waals surface area contributed by atoms with Crippen LogP contribution in [0.4, 0.5) is 0 Å². The number of hydrogen-bond donors (Lipinski definition) is 0. The summed E-state index contributed by atoms with van der Waals surface area (Å²) in [6.45, 7) is 20.2. The SMILES string of the molecule is Cc1c2c(c(CC(C)(C)C)c3ccc(CC(C)(C)C)cc13)Oc1cc3c(CC(C)(C)C#N)cccc3c3cc[n+](C)c-2c13. The van der Waals surface area contributed by atoms with E-state index in [1.807, 2.05) is 13.8 Å². The van der Waals surface area contributed by atoms with Crippen molar-refractivity contribution in [1.29, 1.82) is 5.26 Å². The molecule has 0 fully saturated rings. The van der Waals surface area contributed by atoms with Gasteiger partial charge in [-0.2, -0.15) is 5.26 Å². The van der Waals surface area contributed by atoms with Gasteiger partial charge in [0.25, 0.3) is 0 Å². The average molecular weight is 570 g/mol. The first-order valence-corrected chi connectivity index (χ1v) is 15.6. The highest BCUT2D eigenvalue weighted by Gasteiger charge is 2.35. The second-order valence-electron chi connectivity index (χ2n) is 15.9. The monoisotopic (exact) mass is 569 g/mol. The number of rotatable bonds is 4. The van der Waals surface area contributed by atoms with Crippen LogP contribution in [0.3, 0.4) is 0 Å². The van der Waals surface area contributed by atoms with Crippen molar-refractivity contribution in [3.05, 3.63) is 77.0 Å². The normalized spacial score (nSPS) is 13.3. The van der Waals surface area contributed by atoms with Crippen LogP contribution < -0.4 is 9.30 Å². The lowest BCUT2D eigenvalue weighted by molar-refractivity contribution is -0.659.